The van der Waals surface area contributed by atoms with E-state index in [1.807, 2.05) is 6.20 Å². The van der Waals surface area contributed by atoms with E-state index in [0.717, 1.165) is 18.8 Å². The van der Waals surface area contributed by atoms with Crippen LogP contribution < -0.4 is 10.6 Å². The number of aryl methyl sites for hydroxylation is 1. The van der Waals surface area contributed by atoms with E-state index in [2.05, 4.69) is 54.2 Å². The lowest BCUT2D eigenvalue weighted by Crippen LogP contribution is -2.31. The fourth-order valence-corrected chi connectivity index (χ4v) is 3.00. The maximum absolute atomic E-state index is 5.61. The van der Waals surface area contributed by atoms with Crippen LogP contribution in [-0.2, 0) is 13.0 Å². The van der Waals surface area contributed by atoms with E-state index >= 15 is 0 Å². The number of thiophene rings is 1. The molecule has 0 saturated carbocycles. The molecule has 2 N–H and O–H groups in total. The molecule has 2 aromatic rings. The lowest BCUT2D eigenvalue weighted by molar-refractivity contribution is 0.674. The van der Waals surface area contributed by atoms with Crippen LogP contribution in [0, 0.1) is 6.92 Å². The fourth-order valence-electron chi connectivity index (χ4n) is 2.30. The molecule has 2 aromatic heterocycles. The highest BCUT2D eigenvalue weighted by Gasteiger charge is 2.15. The van der Waals surface area contributed by atoms with E-state index < -0.39 is 0 Å². The molecule has 20 heavy (non-hydrogen) atoms. The molecule has 3 nitrogen and oxygen atoms in total. The zero-order valence-corrected chi connectivity index (χ0v) is 13.3. The first-order chi connectivity index (χ1) is 9.61. The Kier molecular flexibility index (Phi) is 5.15. The van der Waals surface area contributed by atoms with E-state index in [0.29, 0.717) is 12.6 Å². The van der Waals surface area contributed by atoms with Crippen molar-refractivity contribution in [3.05, 3.63) is 45.8 Å². The largest absolute Gasteiger partial charge is 0.349 e. The number of hydrogen-bond donors (Lipinski definition) is 1. The summed E-state index contributed by atoms with van der Waals surface area (Å²) in [5, 5.41) is 2.12. The molecule has 0 amide bonds. The number of aromatic nitrogens is 1. The number of rotatable bonds is 6. The highest BCUT2D eigenvalue weighted by molar-refractivity contribution is 7.09. The van der Waals surface area contributed by atoms with Gasteiger partial charge in [-0.05, 0) is 56.3 Å². The van der Waals surface area contributed by atoms with Gasteiger partial charge in [0.05, 0.1) is 6.54 Å². The zero-order valence-electron chi connectivity index (χ0n) is 12.5. The zero-order chi connectivity index (χ0) is 14.5. The maximum Gasteiger partial charge on any atom is 0.131 e. The average molecular weight is 289 g/mol. The van der Waals surface area contributed by atoms with E-state index in [1.54, 1.807) is 11.3 Å². The molecule has 0 spiro atoms. The summed E-state index contributed by atoms with van der Waals surface area (Å²) in [6, 6.07) is 6.91. The Bertz CT molecular complexity index is 535. The van der Waals surface area contributed by atoms with Gasteiger partial charge in [-0.25, -0.2) is 4.98 Å². The molecule has 4 heteroatoms. The molecule has 0 fully saturated rings. The fraction of sp³-hybridized carbons (Fsp3) is 0.438. The summed E-state index contributed by atoms with van der Waals surface area (Å²) < 4.78 is 0. The van der Waals surface area contributed by atoms with Crippen LogP contribution in [0.5, 0.6) is 0 Å². The number of hydrogen-bond acceptors (Lipinski definition) is 4. The lowest BCUT2D eigenvalue weighted by atomic mass is 10.1. The predicted octanol–water partition coefficient (Wildman–Crippen LogP) is 3.37. The van der Waals surface area contributed by atoms with Gasteiger partial charge in [-0.2, -0.15) is 0 Å². The third kappa shape index (κ3) is 3.58. The van der Waals surface area contributed by atoms with E-state index in [1.165, 1.54) is 16.0 Å². The number of pyridine rings is 1. The minimum atomic E-state index is 0.420. The third-order valence-corrected chi connectivity index (χ3v) is 4.20. The summed E-state index contributed by atoms with van der Waals surface area (Å²) >= 11 is 1.79. The monoisotopic (exact) mass is 289 g/mol. The first kappa shape index (κ1) is 15.0. The van der Waals surface area contributed by atoms with Crippen molar-refractivity contribution in [3.8, 4) is 0 Å². The predicted molar refractivity (Wildman–Crippen MR) is 87.4 cm³/mol. The summed E-state index contributed by atoms with van der Waals surface area (Å²) in [7, 11) is 0. The molecule has 0 unspecified atom stereocenters. The highest BCUT2D eigenvalue weighted by Crippen LogP contribution is 2.24. The van der Waals surface area contributed by atoms with Gasteiger partial charge >= 0.3 is 0 Å². The Morgan fingerprint density at radius 3 is 2.75 bits per heavy atom. The Hall–Kier alpha value is -1.39. The molecule has 0 atom stereocenters. The summed E-state index contributed by atoms with van der Waals surface area (Å²) in [6.45, 7) is 8.14. The van der Waals surface area contributed by atoms with E-state index in [9.17, 15) is 0 Å². The van der Waals surface area contributed by atoms with Crippen molar-refractivity contribution in [2.45, 2.75) is 39.8 Å². The minimum absolute atomic E-state index is 0.420. The smallest absolute Gasteiger partial charge is 0.131 e. The molecule has 2 rings (SSSR count). The first-order valence-corrected chi connectivity index (χ1v) is 7.94. The second-order valence-corrected chi connectivity index (χ2v) is 6.36. The molecule has 0 radical (unpaired) electrons. The molecule has 2 heterocycles. The molecular weight excluding hydrogens is 266 g/mol. The SMILES string of the molecule is Cc1cc(CCN)cnc1N(Cc1cccs1)C(C)C. The Morgan fingerprint density at radius 1 is 1.40 bits per heavy atom. The first-order valence-electron chi connectivity index (χ1n) is 7.06. The highest BCUT2D eigenvalue weighted by atomic mass is 32.1. The van der Waals surface area contributed by atoms with E-state index in [4.69, 9.17) is 5.73 Å². The van der Waals surface area contributed by atoms with Gasteiger partial charge in [0.2, 0.25) is 0 Å². The minimum Gasteiger partial charge on any atom is -0.349 e. The van der Waals surface area contributed by atoms with Gasteiger partial charge in [-0.15, -0.1) is 11.3 Å². The van der Waals surface area contributed by atoms with Crippen molar-refractivity contribution in [2.75, 3.05) is 11.4 Å². The van der Waals surface area contributed by atoms with Crippen molar-refractivity contribution >= 4 is 17.2 Å². The topological polar surface area (TPSA) is 42.1 Å². The second-order valence-electron chi connectivity index (χ2n) is 5.32. The van der Waals surface area contributed by atoms with Gasteiger partial charge in [0.1, 0.15) is 5.82 Å². The van der Waals surface area contributed by atoms with Gasteiger partial charge in [-0.3, -0.25) is 0 Å². The number of nitrogens with two attached hydrogens (primary N) is 1. The van der Waals surface area contributed by atoms with Crippen molar-refractivity contribution in [2.24, 2.45) is 5.73 Å². The third-order valence-electron chi connectivity index (χ3n) is 3.34. The van der Waals surface area contributed by atoms with Crippen molar-refractivity contribution < 1.29 is 0 Å². The van der Waals surface area contributed by atoms with Gasteiger partial charge < -0.3 is 10.6 Å². The second kappa shape index (κ2) is 6.86. The molecule has 0 aliphatic heterocycles. The molecule has 0 bridgehead atoms. The van der Waals surface area contributed by atoms with Crippen LogP contribution in [-0.4, -0.2) is 17.6 Å². The molecule has 0 aromatic carbocycles. The van der Waals surface area contributed by atoms with Crippen LogP contribution >= 0.6 is 11.3 Å². The van der Waals surface area contributed by atoms with Crippen LogP contribution in [0.1, 0.15) is 29.9 Å². The summed E-state index contributed by atoms with van der Waals surface area (Å²) in [5.41, 5.74) is 8.05. The molecular formula is C16H23N3S. The summed E-state index contributed by atoms with van der Waals surface area (Å²) in [6.07, 6.45) is 2.85. The van der Waals surface area contributed by atoms with Crippen molar-refractivity contribution in [3.63, 3.8) is 0 Å². The van der Waals surface area contributed by atoms with Gasteiger partial charge in [0.15, 0.2) is 0 Å². The van der Waals surface area contributed by atoms with Crippen LogP contribution in [0.4, 0.5) is 5.82 Å². The van der Waals surface area contributed by atoms with Crippen molar-refractivity contribution in [1.82, 2.24) is 4.98 Å². The normalized spacial score (nSPS) is 11.1. The quantitative estimate of drug-likeness (QED) is 0.886. The summed E-state index contributed by atoms with van der Waals surface area (Å²) in [4.78, 5) is 8.40. The lowest BCUT2D eigenvalue weighted by Gasteiger charge is -2.29. The Balaban J connectivity index is 2.25. The maximum atomic E-state index is 5.61. The number of anilines is 1. The average Bonchev–Trinajstić information content (AvgIpc) is 2.90. The van der Waals surface area contributed by atoms with Gasteiger partial charge in [0, 0.05) is 17.1 Å². The molecule has 108 valence electrons. The Labute approximate surface area is 125 Å². The van der Waals surface area contributed by atoms with Crippen LogP contribution in [0.2, 0.25) is 0 Å². The van der Waals surface area contributed by atoms with Crippen LogP contribution in [0.15, 0.2) is 29.8 Å². The van der Waals surface area contributed by atoms with Gasteiger partial charge in [-0.1, -0.05) is 12.1 Å². The number of nitrogens with zero attached hydrogens (tertiary/aromatic N) is 2. The van der Waals surface area contributed by atoms with E-state index in [-0.39, 0.29) is 0 Å². The van der Waals surface area contributed by atoms with Crippen molar-refractivity contribution in [1.29, 1.82) is 0 Å². The molecule has 0 aliphatic rings. The molecule has 0 aliphatic carbocycles. The summed E-state index contributed by atoms with van der Waals surface area (Å²) in [5.74, 6) is 1.08. The standard InChI is InChI=1S/C16H23N3S/c1-12(2)19(11-15-5-4-8-20-15)16-13(3)9-14(6-7-17)10-18-16/h4-5,8-10,12H,6-7,11,17H2,1-3H3. The van der Waals surface area contributed by atoms with Gasteiger partial charge in [0.25, 0.3) is 0 Å². The van der Waals surface area contributed by atoms with Crippen LogP contribution in [0.3, 0.4) is 0 Å². The molecule has 0 saturated heterocycles. The van der Waals surface area contributed by atoms with Crippen LogP contribution in [0.25, 0.3) is 0 Å². The Morgan fingerprint density at radius 2 is 2.20 bits per heavy atom.